The zero-order valence-corrected chi connectivity index (χ0v) is 16.0. The fraction of sp³-hybridized carbons (Fsp3) is 0.294. The largest absolute Gasteiger partial charge is 0.505 e. The third kappa shape index (κ3) is 4.78. The zero-order valence-electron chi connectivity index (χ0n) is 14.5. The van der Waals surface area contributed by atoms with Gasteiger partial charge in [0, 0.05) is 16.0 Å². The van der Waals surface area contributed by atoms with E-state index in [0.29, 0.717) is 15.6 Å². The van der Waals surface area contributed by atoms with E-state index in [9.17, 15) is 19.5 Å². The minimum absolute atomic E-state index is 0.0859. The van der Waals surface area contributed by atoms with Crippen molar-refractivity contribution in [3.8, 4) is 5.75 Å². The van der Waals surface area contributed by atoms with E-state index in [1.807, 2.05) is 0 Å². The molecule has 2 rings (SSSR count). The van der Waals surface area contributed by atoms with Gasteiger partial charge in [-0.1, -0.05) is 37.0 Å². The summed E-state index contributed by atoms with van der Waals surface area (Å²) < 4.78 is 0.988. The van der Waals surface area contributed by atoms with Crippen LogP contribution in [-0.2, 0) is 11.3 Å². The molecule has 8 nitrogen and oxygen atoms in total. The number of nitrogens with zero attached hydrogens (tertiary/aromatic N) is 2. The number of aliphatic carboxylic acids is 1. The molecule has 1 heterocycles. The molecule has 2 aromatic rings. The summed E-state index contributed by atoms with van der Waals surface area (Å²) in [6.07, 6.45) is 0. The van der Waals surface area contributed by atoms with Crippen LogP contribution in [0.15, 0.2) is 23.0 Å². The Labute approximate surface area is 164 Å². The molecule has 0 unspecified atom stereocenters. The van der Waals surface area contributed by atoms with Crippen LogP contribution in [0.3, 0.4) is 0 Å². The predicted molar refractivity (Wildman–Crippen MR) is 99.8 cm³/mol. The van der Waals surface area contributed by atoms with Gasteiger partial charge in [-0.2, -0.15) is 5.10 Å². The lowest BCUT2D eigenvalue weighted by Gasteiger charge is -2.15. The molecule has 1 aromatic carbocycles. The number of carbonyl (C=O) groups excluding carboxylic acids is 1. The highest BCUT2D eigenvalue weighted by molar-refractivity contribution is 6.33. The SMILES string of the molecule is CC(C)c1nn(Cc2cc(Cl)ccc2Cl)c(=O)c(C(=O)NCC(=O)O)c1O. The number of rotatable bonds is 6. The second-order valence-electron chi connectivity index (χ2n) is 6.04. The van der Waals surface area contributed by atoms with Crippen molar-refractivity contribution in [2.24, 2.45) is 0 Å². The normalized spacial score (nSPS) is 10.9. The first-order chi connectivity index (χ1) is 12.6. The molecule has 0 saturated heterocycles. The van der Waals surface area contributed by atoms with Gasteiger partial charge in [0.1, 0.15) is 17.8 Å². The zero-order chi connectivity index (χ0) is 20.3. The maximum absolute atomic E-state index is 12.7. The minimum atomic E-state index is -1.29. The van der Waals surface area contributed by atoms with E-state index in [-0.39, 0.29) is 18.2 Å². The Balaban J connectivity index is 2.58. The van der Waals surface area contributed by atoms with E-state index in [2.05, 4.69) is 10.4 Å². The second-order valence-corrected chi connectivity index (χ2v) is 6.88. The molecule has 144 valence electrons. The summed E-state index contributed by atoms with van der Waals surface area (Å²) in [5.74, 6) is -3.17. The molecule has 0 spiro atoms. The van der Waals surface area contributed by atoms with E-state index in [1.165, 1.54) is 0 Å². The third-order valence-electron chi connectivity index (χ3n) is 3.66. The molecule has 27 heavy (non-hydrogen) atoms. The average molecular weight is 414 g/mol. The van der Waals surface area contributed by atoms with Gasteiger partial charge in [0.05, 0.1) is 6.54 Å². The molecule has 1 amide bonds. The molecule has 0 aliphatic heterocycles. The Morgan fingerprint density at radius 3 is 2.56 bits per heavy atom. The van der Waals surface area contributed by atoms with E-state index in [0.717, 1.165) is 4.68 Å². The molecule has 0 aliphatic rings. The molecule has 10 heteroatoms. The topological polar surface area (TPSA) is 122 Å². The molecule has 0 fully saturated rings. The molecule has 0 bridgehead atoms. The minimum Gasteiger partial charge on any atom is -0.505 e. The number of nitrogens with one attached hydrogen (secondary N) is 1. The maximum atomic E-state index is 12.7. The van der Waals surface area contributed by atoms with Gasteiger partial charge in [0.15, 0.2) is 5.75 Å². The van der Waals surface area contributed by atoms with Crippen molar-refractivity contribution >= 4 is 35.1 Å². The summed E-state index contributed by atoms with van der Waals surface area (Å²) in [5.41, 5.74) is -0.840. The molecule has 3 N–H and O–H groups in total. The summed E-state index contributed by atoms with van der Waals surface area (Å²) in [5, 5.41) is 26.0. The van der Waals surface area contributed by atoms with E-state index >= 15 is 0 Å². The highest BCUT2D eigenvalue weighted by atomic mass is 35.5. The molecule has 0 atom stereocenters. The molecule has 0 radical (unpaired) electrons. The van der Waals surface area contributed by atoms with Crippen molar-refractivity contribution in [2.75, 3.05) is 6.54 Å². The van der Waals surface area contributed by atoms with E-state index in [1.54, 1.807) is 32.0 Å². The number of aromatic nitrogens is 2. The van der Waals surface area contributed by atoms with Crippen molar-refractivity contribution in [1.82, 2.24) is 15.1 Å². The van der Waals surface area contributed by atoms with Crippen LogP contribution in [0.5, 0.6) is 5.75 Å². The van der Waals surface area contributed by atoms with Crippen LogP contribution in [0, 0.1) is 0 Å². The van der Waals surface area contributed by atoms with Gasteiger partial charge in [-0.05, 0) is 23.8 Å². The van der Waals surface area contributed by atoms with Gasteiger partial charge in [0.2, 0.25) is 0 Å². The first kappa shape index (κ1) is 20.7. The van der Waals surface area contributed by atoms with E-state index in [4.69, 9.17) is 28.3 Å². The highest BCUT2D eigenvalue weighted by Crippen LogP contribution is 2.26. The van der Waals surface area contributed by atoms with Crippen LogP contribution < -0.4 is 10.9 Å². The number of hydrogen-bond acceptors (Lipinski definition) is 5. The Hall–Kier alpha value is -2.58. The Kier molecular flexibility index (Phi) is 6.45. The molecule has 0 aliphatic carbocycles. The van der Waals surface area contributed by atoms with Crippen LogP contribution in [0.4, 0.5) is 0 Å². The smallest absolute Gasteiger partial charge is 0.322 e. The monoisotopic (exact) mass is 413 g/mol. The van der Waals surface area contributed by atoms with Crippen molar-refractivity contribution in [1.29, 1.82) is 0 Å². The quantitative estimate of drug-likeness (QED) is 0.667. The number of carboxylic acid groups (broad SMARTS) is 1. The predicted octanol–water partition coefficient (Wildman–Crippen LogP) is 2.24. The van der Waals surface area contributed by atoms with Crippen LogP contribution >= 0.6 is 23.2 Å². The third-order valence-corrected chi connectivity index (χ3v) is 4.26. The van der Waals surface area contributed by atoms with Gasteiger partial charge in [-0.3, -0.25) is 14.4 Å². The number of hydrogen-bond donors (Lipinski definition) is 3. The van der Waals surface area contributed by atoms with Crippen molar-refractivity contribution < 1.29 is 19.8 Å². The van der Waals surface area contributed by atoms with Crippen molar-refractivity contribution in [3.05, 3.63) is 55.4 Å². The van der Waals surface area contributed by atoms with Gasteiger partial charge in [-0.25, -0.2) is 4.68 Å². The van der Waals surface area contributed by atoms with Crippen LogP contribution in [-0.4, -0.2) is 38.4 Å². The van der Waals surface area contributed by atoms with Crippen LogP contribution in [0.1, 0.15) is 41.4 Å². The molecule has 1 aromatic heterocycles. The lowest BCUT2D eigenvalue weighted by atomic mass is 10.1. The van der Waals surface area contributed by atoms with Gasteiger partial charge >= 0.3 is 5.97 Å². The fourth-order valence-electron chi connectivity index (χ4n) is 2.35. The molecular weight excluding hydrogens is 397 g/mol. The molecule has 0 saturated carbocycles. The van der Waals surface area contributed by atoms with E-state index < -0.39 is 35.3 Å². The Morgan fingerprint density at radius 1 is 1.30 bits per heavy atom. The number of benzene rings is 1. The lowest BCUT2D eigenvalue weighted by molar-refractivity contribution is -0.135. The van der Waals surface area contributed by atoms with Gasteiger partial charge < -0.3 is 15.5 Å². The number of aromatic hydroxyl groups is 1. The van der Waals surface area contributed by atoms with Gasteiger partial charge in [0.25, 0.3) is 11.5 Å². The highest BCUT2D eigenvalue weighted by Gasteiger charge is 2.25. The van der Waals surface area contributed by atoms with Crippen molar-refractivity contribution in [2.45, 2.75) is 26.3 Å². The second kappa shape index (κ2) is 8.41. The fourth-order valence-corrected chi connectivity index (χ4v) is 2.72. The number of halogens is 2. The number of amides is 1. The lowest BCUT2D eigenvalue weighted by Crippen LogP contribution is -2.37. The summed E-state index contributed by atoms with van der Waals surface area (Å²) in [6.45, 7) is 2.67. The standard InChI is InChI=1S/C17H17Cl2N3O5/c1-8(2)14-15(25)13(16(26)20-6-12(23)24)17(27)22(21-14)7-9-5-10(18)3-4-11(9)19/h3-5,8,25H,6-7H2,1-2H3,(H,20,26)(H,23,24). The first-order valence-corrected chi connectivity index (χ1v) is 8.65. The number of carbonyl (C=O) groups is 2. The Morgan fingerprint density at radius 2 is 1.96 bits per heavy atom. The summed E-state index contributed by atoms with van der Waals surface area (Å²) in [6, 6.07) is 4.71. The van der Waals surface area contributed by atoms with Crippen LogP contribution in [0.25, 0.3) is 0 Å². The number of carboxylic acids is 1. The first-order valence-electron chi connectivity index (χ1n) is 7.89. The van der Waals surface area contributed by atoms with Crippen LogP contribution in [0.2, 0.25) is 10.0 Å². The Bertz CT molecular complexity index is 956. The summed E-state index contributed by atoms with van der Waals surface area (Å²) >= 11 is 12.1. The maximum Gasteiger partial charge on any atom is 0.322 e. The van der Waals surface area contributed by atoms with Crippen molar-refractivity contribution in [3.63, 3.8) is 0 Å². The summed E-state index contributed by atoms with van der Waals surface area (Å²) in [4.78, 5) is 35.6. The average Bonchev–Trinajstić information content (AvgIpc) is 2.58. The summed E-state index contributed by atoms with van der Waals surface area (Å²) in [7, 11) is 0. The molecular formula is C17H17Cl2N3O5. The van der Waals surface area contributed by atoms with Gasteiger partial charge in [-0.15, -0.1) is 0 Å².